The molecule has 1 N–H and O–H groups in total. The number of ether oxygens (including phenoxy) is 1. The Morgan fingerprint density at radius 3 is 2.63 bits per heavy atom. The molecule has 3 atom stereocenters. The molecule has 30 heavy (non-hydrogen) atoms. The van der Waals surface area contributed by atoms with Crippen LogP contribution in [0.15, 0.2) is 53.4 Å². The van der Waals surface area contributed by atoms with E-state index in [1.807, 2.05) is 49.4 Å². The summed E-state index contributed by atoms with van der Waals surface area (Å²) in [4.78, 5) is 16.4. The first kappa shape index (κ1) is 20.9. The highest BCUT2D eigenvalue weighted by atomic mass is 32.2. The zero-order valence-corrected chi connectivity index (χ0v) is 18.7. The van der Waals surface area contributed by atoms with Crippen molar-refractivity contribution >= 4 is 29.4 Å². The van der Waals surface area contributed by atoms with Gasteiger partial charge in [0.15, 0.2) is 5.50 Å². The molecule has 2 fully saturated rings. The maximum atomic E-state index is 13.5. The number of hydrogen-bond acceptors (Lipinski definition) is 4. The molecule has 0 spiro atoms. The number of methoxy groups -OCH3 is 1. The molecule has 1 aliphatic heterocycles. The molecule has 1 saturated carbocycles. The van der Waals surface area contributed by atoms with Crippen molar-refractivity contribution in [2.24, 2.45) is 5.92 Å². The molecule has 0 bridgehead atoms. The summed E-state index contributed by atoms with van der Waals surface area (Å²) in [7, 11) is 1.68. The minimum absolute atomic E-state index is 0.0935. The Morgan fingerprint density at radius 1 is 1.13 bits per heavy atom. The molecule has 158 valence electrons. The van der Waals surface area contributed by atoms with Crippen molar-refractivity contribution in [3.63, 3.8) is 0 Å². The van der Waals surface area contributed by atoms with E-state index in [9.17, 15) is 4.79 Å². The molecular formula is C25H30N2O2S. The van der Waals surface area contributed by atoms with Crippen molar-refractivity contribution in [1.29, 1.82) is 0 Å². The average Bonchev–Trinajstić information content (AvgIpc) is 3.05. The Hall–Kier alpha value is -2.40. The number of amides is 1. The van der Waals surface area contributed by atoms with Gasteiger partial charge < -0.3 is 15.0 Å². The number of carbonyl (C=O) groups excluding carboxylic acids is 1. The van der Waals surface area contributed by atoms with Crippen molar-refractivity contribution in [2.45, 2.75) is 51.1 Å². The second-order valence-corrected chi connectivity index (χ2v) is 9.38. The molecule has 1 amide bonds. The van der Waals surface area contributed by atoms with Crippen molar-refractivity contribution in [3.05, 3.63) is 64.6 Å². The molecule has 0 radical (unpaired) electrons. The Kier molecular flexibility index (Phi) is 6.38. The van der Waals surface area contributed by atoms with Crippen LogP contribution in [-0.2, 0) is 4.79 Å². The van der Waals surface area contributed by atoms with Gasteiger partial charge in [-0.15, -0.1) is 0 Å². The van der Waals surface area contributed by atoms with Crippen LogP contribution >= 0.6 is 11.8 Å². The van der Waals surface area contributed by atoms with Gasteiger partial charge in [-0.1, -0.05) is 61.9 Å². The van der Waals surface area contributed by atoms with Gasteiger partial charge in [-0.25, -0.2) is 0 Å². The molecule has 2 aliphatic rings. The van der Waals surface area contributed by atoms with Crippen LogP contribution < -0.4 is 10.1 Å². The summed E-state index contributed by atoms with van der Waals surface area (Å²) in [5, 5.41) is 3.59. The van der Waals surface area contributed by atoms with Gasteiger partial charge in [0.25, 0.3) is 5.91 Å². The molecule has 1 heterocycles. The van der Waals surface area contributed by atoms with Gasteiger partial charge in [0, 0.05) is 11.7 Å². The van der Waals surface area contributed by atoms with Crippen molar-refractivity contribution in [3.8, 4) is 5.75 Å². The van der Waals surface area contributed by atoms with Crippen LogP contribution in [-0.4, -0.2) is 29.5 Å². The van der Waals surface area contributed by atoms with Crippen molar-refractivity contribution < 1.29 is 9.53 Å². The first-order chi connectivity index (χ1) is 14.6. The molecule has 1 saturated heterocycles. The predicted molar refractivity (Wildman–Crippen MR) is 125 cm³/mol. The highest BCUT2D eigenvalue weighted by Gasteiger charge is 2.42. The van der Waals surface area contributed by atoms with E-state index in [0.29, 0.717) is 5.92 Å². The highest BCUT2D eigenvalue weighted by molar-refractivity contribution is 8.05. The fraction of sp³-hybridized carbons (Fsp3) is 0.400. The van der Waals surface area contributed by atoms with Gasteiger partial charge in [0.2, 0.25) is 0 Å². The number of aryl methyl sites for hydroxylation is 1. The number of carbonyl (C=O) groups is 1. The molecule has 4 nitrogen and oxygen atoms in total. The topological polar surface area (TPSA) is 41.6 Å². The molecule has 1 unspecified atom stereocenters. The van der Waals surface area contributed by atoms with E-state index >= 15 is 0 Å². The zero-order valence-electron chi connectivity index (χ0n) is 17.9. The van der Waals surface area contributed by atoms with Gasteiger partial charge >= 0.3 is 0 Å². The summed E-state index contributed by atoms with van der Waals surface area (Å²) < 4.78 is 5.46. The third-order valence-corrected chi connectivity index (χ3v) is 7.27. The Morgan fingerprint density at radius 2 is 1.90 bits per heavy atom. The first-order valence-corrected chi connectivity index (χ1v) is 11.6. The zero-order chi connectivity index (χ0) is 21.1. The number of benzene rings is 2. The summed E-state index contributed by atoms with van der Waals surface area (Å²) in [6, 6.07) is 16.5. The van der Waals surface area contributed by atoms with Gasteiger partial charge in [0.05, 0.1) is 12.0 Å². The van der Waals surface area contributed by atoms with E-state index in [0.717, 1.165) is 33.9 Å². The van der Waals surface area contributed by atoms with Gasteiger partial charge in [0.1, 0.15) is 5.75 Å². The second kappa shape index (κ2) is 9.17. The molecular weight excluding hydrogens is 392 g/mol. The van der Waals surface area contributed by atoms with E-state index in [1.165, 1.54) is 19.3 Å². The molecule has 4 rings (SSSR count). The monoisotopic (exact) mass is 422 g/mol. The van der Waals surface area contributed by atoms with Gasteiger partial charge in [-0.2, -0.15) is 0 Å². The summed E-state index contributed by atoms with van der Waals surface area (Å²) >= 11 is 1.62. The Labute approximate surface area is 183 Å². The lowest BCUT2D eigenvalue weighted by Gasteiger charge is -2.39. The average molecular weight is 423 g/mol. The molecule has 1 aliphatic carbocycles. The van der Waals surface area contributed by atoms with E-state index in [2.05, 4.69) is 29.3 Å². The maximum absolute atomic E-state index is 13.5. The first-order valence-electron chi connectivity index (χ1n) is 10.7. The quantitative estimate of drug-likeness (QED) is 0.610. The van der Waals surface area contributed by atoms with Crippen LogP contribution in [0, 0.1) is 12.8 Å². The van der Waals surface area contributed by atoms with Crippen LogP contribution in [0.2, 0.25) is 0 Å². The number of para-hydroxylation sites is 1. The SMILES string of the molecule is COc1cc(/C=C2\SC(Nc3ccccc3)N([C@@H]3CCCC[C@@H]3C)C2=O)ccc1C. The van der Waals surface area contributed by atoms with Gasteiger partial charge in [-0.05, 0) is 61.1 Å². The van der Waals surface area contributed by atoms with Crippen LogP contribution in [0.3, 0.4) is 0 Å². The Bertz CT molecular complexity index is 928. The van der Waals surface area contributed by atoms with E-state index in [4.69, 9.17) is 4.74 Å². The minimum Gasteiger partial charge on any atom is -0.496 e. The van der Waals surface area contributed by atoms with E-state index < -0.39 is 0 Å². The number of nitrogens with one attached hydrogen (secondary N) is 1. The lowest BCUT2D eigenvalue weighted by atomic mass is 9.85. The smallest absolute Gasteiger partial charge is 0.262 e. The molecule has 2 aromatic carbocycles. The van der Waals surface area contributed by atoms with Gasteiger partial charge in [-0.3, -0.25) is 4.79 Å². The maximum Gasteiger partial charge on any atom is 0.262 e. The van der Waals surface area contributed by atoms with Crippen molar-refractivity contribution in [2.75, 3.05) is 12.4 Å². The number of rotatable bonds is 5. The lowest BCUT2D eigenvalue weighted by molar-refractivity contribution is -0.129. The minimum atomic E-state index is -0.0935. The highest BCUT2D eigenvalue weighted by Crippen LogP contribution is 2.42. The van der Waals surface area contributed by atoms with Crippen LogP contribution in [0.25, 0.3) is 6.08 Å². The standard InChI is InChI=1S/C25H30N2O2S/c1-17-9-7-8-12-21(17)27-24(28)23(16-19-14-13-18(2)22(15-19)29-3)30-25(27)26-20-10-5-4-6-11-20/h4-6,10-11,13-17,21,25-26H,7-9,12H2,1-3H3/b23-16-/t17-,21+,25?/m0/s1. The normalized spacial score (nSPS) is 25.6. The van der Waals surface area contributed by atoms with Crippen LogP contribution in [0.4, 0.5) is 5.69 Å². The summed E-state index contributed by atoms with van der Waals surface area (Å²) in [6.45, 7) is 4.31. The molecule has 0 aromatic heterocycles. The van der Waals surface area contributed by atoms with Crippen LogP contribution in [0.1, 0.15) is 43.7 Å². The van der Waals surface area contributed by atoms with E-state index in [1.54, 1.807) is 18.9 Å². The molecule has 5 heteroatoms. The molecule has 2 aromatic rings. The summed E-state index contributed by atoms with van der Waals surface area (Å²) in [6.07, 6.45) is 6.71. The summed E-state index contributed by atoms with van der Waals surface area (Å²) in [5.74, 6) is 1.49. The second-order valence-electron chi connectivity index (χ2n) is 8.26. The fourth-order valence-corrected chi connectivity index (χ4v) is 5.66. The predicted octanol–water partition coefficient (Wildman–Crippen LogP) is 5.89. The number of nitrogens with zero attached hydrogens (tertiary/aromatic N) is 1. The lowest BCUT2D eigenvalue weighted by Crippen LogP contribution is -2.48. The van der Waals surface area contributed by atoms with Crippen molar-refractivity contribution in [1.82, 2.24) is 4.90 Å². The number of thioether (sulfide) groups is 1. The summed E-state index contributed by atoms with van der Waals surface area (Å²) in [5.41, 5.74) is 3.02. The fourth-order valence-electron chi connectivity index (χ4n) is 4.45. The van der Waals surface area contributed by atoms with E-state index in [-0.39, 0.29) is 17.4 Å². The number of anilines is 1. The Balaban J connectivity index is 1.65. The largest absolute Gasteiger partial charge is 0.496 e. The third-order valence-electron chi connectivity index (χ3n) is 6.15. The van der Waals surface area contributed by atoms with Crippen LogP contribution in [0.5, 0.6) is 5.75 Å². The number of hydrogen-bond donors (Lipinski definition) is 1. The third kappa shape index (κ3) is 4.36.